The number of methoxy groups -OCH3 is 1. The van der Waals surface area contributed by atoms with Gasteiger partial charge in [0.2, 0.25) is 0 Å². The average Bonchev–Trinajstić information content (AvgIpc) is 2.48. The molecule has 2 aromatic carbocycles. The number of ketones is 1. The van der Waals surface area contributed by atoms with Crippen molar-refractivity contribution in [1.29, 1.82) is 0 Å². The van der Waals surface area contributed by atoms with Gasteiger partial charge in [0.25, 0.3) is 0 Å². The van der Waals surface area contributed by atoms with Crippen LogP contribution in [0.25, 0.3) is 6.08 Å². The Bertz CT molecular complexity index is 709. The van der Waals surface area contributed by atoms with Gasteiger partial charge in [-0.1, -0.05) is 12.1 Å². The van der Waals surface area contributed by atoms with Crippen LogP contribution in [-0.4, -0.2) is 12.9 Å². The molecular formula is C16H11F3O2. The Morgan fingerprint density at radius 2 is 1.76 bits per heavy atom. The highest BCUT2D eigenvalue weighted by molar-refractivity contribution is 6.06. The van der Waals surface area contributed by atoms with E-state index in [1.165, 1.54) is 31.4 Å². The van der Waals surface area contributed by atoms with E-state index < -0.39 is 23.2 Å². The molecule has 0 amide bonds. The zero-order valence-corrected chi connectivity index (χ0v) is 11.1. The van der Waals surface area contributed by atoms with E-state index in [9.17, 15) is 18.0 Å². The monoisotopic (exact) mass is 292 g/mol. The Hall–Kier alpha value is -2.56. The van der Waals surface area contributed by atoms with Crippen LogP contribution in [-0.2, 0) is 0 Å². The molecule has 0 heterocycles. The van der Waals surface area contributed by atoms with E-state index in [0.29, 0.717) is 5.56 Å². The molecule has 0 aliphatic carbocycles. The van der Waals surface area contributed by atoms with Crippen LogP contribution in [0.15, 0.2) is 42.5 Å². The predicted octanol–water partition coefficient (Wildman–Crippen LogP) is 4.01. The Kier molecular flexibility index (Phi) is 4.42. The van der Waals surface area contributed by atoms with Crippen molar-refractivity contribution in [3.8, 4) is 5.75 Å². The van der Waals surface area contributed by atoms with Gasteiger partial charge < -0.3 is 4.74 Å². The second kappa shape index (κ2) is 6.26. The van der Waals surface area contributed by atoms with Gasteiger partial charge >= 0.3 is 0 Å². The lowest BCUT2D eigenvalue weighted by Gasteiger charge is -2.02. The van der Waals surface area contributed by atoms with Crippen LogP contribution in [0.1, 0.15) is 15.9 Å². The molecule has 0 radical (unpaired) electrons. The van der Waals surface area contributed by atoms with Gasteiger partial charge in [0, 0.05) is 5.56 Å². The molecule has 2 aromatic rings. The summed E-state index contributed by atoms with van der Waals surface area (Å²) in [5.74, 6) is -3.03. The number of allylic oxidation sites excluding steroid dienone is 1. The van der Waals surface area contributed by atoms with E-state index in [-0.39, 0.29) is 11.3 Å². The summed E-state index contributed by atoms with van der Waals surface area (Å²) in [4.78, 5) is 11.9. The van der Waals surface area contributed by atoms with Crippen molar-refractivity contribution in [1.82, 2.24) is 0 Å². The van der Waals surface area contributed by atoms with Crippen molar-refractivity contribution < 1.29 is 22.7 Å². The van der Waals surface area contributed by atoms with Gasteiger partial charge in [-0.15, -0.1) is 0 Å². The van der Waals surface area contributed by atoms with Gasteiger partial charge in [-0.3, -0.25) is 4.79 Å². The molecule has 0 saturated heterocycles. The van der Waals surface area contributed by atoms with Gasteiger partial charge in [0.15, 0.2) is 29.0 Å². The second-order valence-corrected chi connectivity index (χ2v) is 4.22. The van der Waals surface area contributed by atoms with E-state index in [0.717, 1.165) is 24.3 Å². The van der Waals surface area contributed by atoms with Crippen molar-refractivity contribution in [2.75, 3.05) is 7.11 Å². The molecule has 0 aliphatic heterocycles. The lowest BCUT2D eigenvalue weighted by Crippen LogP contribution is -1.97. The molecular weight excluding hydrogens is 281 g/mol. The van der Waals surface area contributed by atoms with E-state index in [1.54, 1.807) is 0 Å². The SMILES string of the molecule is COc1ccc(C(=O)/C=C/c2ccc(F)c(F)c2)cc1F. The topological polar surface area (TPSA) is 26.3 Å². The van der Waals surface area contributed by atoms with Crippen molar-refractivity contribution in [2.24, 2.45) is 0 Å². The highest BCUT2D eigenvalue weighted by Crippen LogP contribution is 2.18. The summed E-state index contributed by atoms with van der Waals surface area (Å²) in [5, 5.41) is 0. The first kappa shape index (κ1) is 14.8. The summed E-state index contributed by atoms with van der Waals surface area (Å²) >= 11 is 0. The number of hydrogen-bond acceptors (Lipinski definition) is 2. The summed E-state index contributed by atoms with van der Waals surface area (Å²) in [7, 11) is 1.32. The molecule has 0 aliphatic rings. The average molecular weight is 292 g/mol. The van der Waals surface area contributed by atoms with Crippen molar-refractivity contribution in [3.05, 3.63) is 71.1 Å². The lowest BCUT2D eigenvalue weighted by atomic mass is 10.1. The Balaban J connectivity index is 2.18. The maximum atomic E-state index is 13.5. The number of hydrogen-bond donors (Lipinski definition) is 0. The first-order valence-corrected chi connectivity index (χ1v) is 6.02. The normalized spacial score (nSPS) is 10.9. The van der Waals surface area contributed by atoms with Crippen LogP contribution in [0.5, 0.6) is 5.75 Å². The summed E-state index contributed by atoms with van der Waals surface area (Å²) in [6.45, 7) is 0. The summed E-state index contributed by atoms with van der Waals surface area (Å²) in [6.07, 6.45) is 2.49. The molecule has 0 aromatic heterocycles. The van der Waals surface area contributed by atoms with E-state index >= 15 is 0 Å². The van der Waals surface area contributed by atoms with Gasteiger partial charge in [-0.2, -0.15) is 0 Å². The molecule has 0 bridgehead atoms. The molecule has 108 valence electrons. The first-order chi connectivity index (χ1) is 10.0. The van der Waals surface area contributed by atoms with Crippen molar-refractivity contribution in [2.45, 2.75) is 0 Å². The number of halogens is 3. The predicted molar refractivity (Wildman–Crippen MR) is 72.7 cm³/mol. The zero-order chi connectivity index (χ0) is 15.4. The fourth-order valence-corrected chi connectivity index (χ4v) is 1.70. The molecule has 5 heteroatoms. The number of carbonyl (C=O) groups is 1. The van der Waals surface area contributed by atoms with Crippen LogP contribution in [0.2, 0.25) is 0 Å². The number of rotatable bonds is 4. The van der Waals surface area contributed by atoms with E-state index in [4.69, 9.17) is 4.74 Å². The minimum absolute atomic E-state index is 0.0381. The molecule has 0 spiro atoms. The maximum absolute atomic E-state index is 13.5. The number of carbonyl (C=O) groups excluding carboxylic acids is 1. The fraction of sp³-hybridized carbons (Fsp3) is 0.0625. The lowest BCUT2D eigenvalue weighted by molar-refractivity contribution is 0.104. The summed E-state index contributed by atoms with van der Waals surface area (Å²) < 4.78 is 44.0. The third kappa shape index (κ3) is 3.51. The van der Waals surface area contributed by atoms with Crippen molar-refractivity contribution in [3.63, 3.8) is 0 Å². The quantitative estimate of drug-likeness (QED) is 0.628. The molecule has 2 rings (SSSR count). The van der Waals surface area contributed by atoms with Crippen LogP contribution >= 0.6 is 0 Å². The standard InChI is InChI=1S/C16H11F3O2/c1-21-16-7-4-11(9-14(16)19)15(20)6-3-10-2-5-12(17)13(18)8-10/h2-9H,1H3/b6-3+. The van der Waals surface area contributed by atoms with E-state index in [2.05, 4.69) is 0 Å². The Morgan fingerprint density at radius 1 is 1.00 bits per heavy atom. The number of ether oxygens (including phenoxy) is 1. The van der Waals surface area contributed by atoms with Gasteiger partial charge in [0.1, 0.15) is 0 Å². The highest BCUT2D eigenvalue weighted by atomic mass is 19.2. The molecule has 0 saturated carbocycles. The minimum Gasteiger partial charge on any atom is -0.494 e. The third-order valence-electron chi connectivity index (χ3n) is 2.81. The van der Waals surface area contributed by atoms with Crippen LogP contribution < -0.4 is 4.74 Å². The molecule has 21 heavy (non-hydrogen) atoms. The van der Waals surface area contributed by atoms with Gasteiger partial charge in [-0.25, -0.2) is 13.2 Å². The maximum Gasteiger partial charge on any atom is 0.185 e. The first-order valence-electron chi connectivity index (χ1n) is 6.02. The van der Waals surface area contributed by atoms with Gasteiger partial charge in [-0.05, 0) is 42.0 Å². The summed E-state index contributed by atoms with van der Waals surface area (Å²) in [6, 6.07) is 7.07. The fourth-order valence-electron chi connectivity index (χ4n) is 1.70. The van der Waals surface area contributed by atoms with Crippen LogP contribution in [0.4, 0.5) is 13.2 Å². The molecule has 0 atom stereocenters. The zero-order valence-electron chi connectivity index (χ0n) is 11.1. The molecule has 0 unspecified atom stereocenters. The van der Waals surface area contributed by atoms with Gasteiger partial charge in [0.05, 0.1) is 7.11 Å². The van der Waals surface area contributed by atoms with Crippen LogP contribution in [0.3, 0.4) is 0 Å². The molecule has 0 fully saturated rings. The Morgan fingerprint density at radius 3 is 2.38 bits per heavy atom. The minimum atomic E-state index is -1.000. The third-order valence-corrected chi connectivity index (χ3v) is 2.81. The molecule has 0 N–H and O–H groups in total. The van der Waals surface area contributed by atoms with Crippen LogP contribution in [0, 0.1) is 17.5 Å². The highest BCUT2D eigenvalue weighted by Gasteiger charge is 2.08. The molecule has 2 nitrogen and oxygen atoms in total. The largest absolute Gasteiger partial charge is 0.494 e. The van der Waals surface area contributed by atoms with Crippen molar-refractivity contribution >= 4 is 11.9 Å². The van der Waals surface area contributed by atoms with E-state index in [1.807, 2.05) is 0 Å². The number of benzene rings is 2. The smallest absolute Gasteiger partial charge is 0.185 e. The summed E-state index contributed by atoms with van der Waals surface area (Å²) in [5.41, 5.74) is 0.461. The Labute approximate surface area is 119 Å². The second-order valence-electron chi connectivity index (χ2n) is 4.22.